The van der Waals surface area contributed by atoms with Gasteiger partial charge in [0.1, 0.15) is 0 Å². The third-order valence-corrected chi connectivity index (χ3v) is 9.94. The van der Waals surface area contributed by atoms with Gasteiger partial charge in [0.25, 0.3) is 15.9 Å². The molecule has 1 heterocycles. The summed E-state index contributed by atoms with van der Waals surface area (Å²) in [6.07, 6.45) is -4.24. The summed E-state index contributed by atoms with van der Waals surface area (Å²) in [6.45, 7) is 3.12. The van der Waals surface area contributed by atoms with Crippen molar-refractivity contribution in [2.75, 3.05) is 4.31 Å². The lowest BCUT2D eigenvalue weighted by Crippen LogP contribution is -2.54. The number of amides is 2. The van der Waals surface area contributed by atoms with Crippen molar-refractivity contribution < 1.29 is 45.1 Å². The standard InChI is InChI=1S/C29H34F5N3O5S/c1-17-4-11-24(12-5-17)43(41,42)37-23(16-26(39)36-22-9-8-21(15-22)35-18(2)38)10-6-19-14-20(7-13-25(19)37)28(40,27(3,30)31)29(32,33)34/h4-5,7,11-14,21-23,40H,6,8-10,15-16H2,1-3H3,(H,35,38)(H,36,39)/t21-,22-,23+,28?/m1/s1. The molecule has 1 saturated carbocycles. The maximum Gasteiger partial charge on any atom is 0.427 e. The summed E-state index contributed by atoms with van der Waals surface area (Å²) in [6, 6.07) is 6.98. The Balaban J connectivity index is 1.69. The van der Waals surface area contributed by atoms with E-state index in [1.807, 2.05) is 0 Å². The Morgan fingerprint density at radius 3 is 2.14 bits per heavy atom. The molecule has 0 aromatic heterocycles. The van der Waals surface area contributed by atoms with Crippen molar-refractivity contribution >= 4 is 27.5 Å². The lowest BCUT2D eigenvalue weighted by molar-refractivity contribution is -0.335. The molecule has 0 saturated heterocycles. The van der Waals surface area contributed by atoms with Gasteiger partial charge in [0, 0.05) is 32.4 Å². The highest BCUT2D eigenvalue weighted by Crippen LogP contribution is 2.50. The van der Waals surface area contributed by atoms with Crippen molar-refractivity contribution in [3.63, 3.8) is 0 Å². The van der Waals surface area contributed by atoms with Crippen LogP contribution in [0.15, 0.2) is 47.4 Å². The van der Waals surface area contributed by atoms with Gasteiger partial charge in [-0.25, -0.2) is 17.2 Å². The zero-order valence-corrected chi connectivity index (χ0v) is 24.7. The van der Waals surface area contributed by atoms with E-state index in [0.717, 1.165) is 22.0 Å². The molecule has 2 amide bonds. The Morgan fingerprint density at radius 2 is 1.58 bits per heavy atom. The third kappa shape index (κ3) is 6.49. The number of nitrogens with one attached hydrogen (secondary N) is 2. The molecule has 0 spiro atoms. The fourth-order valence-corrected chi connectivity index (χ4v) is 7.61. The zero-order valence-electron chi connectivity index (χ0n) is 23.8. The number of rotatable bonds is 8. The van der Waals surface area contributed by atoms with Crippen LogP contribution in [-0.2, 0) is 31.6 Å². The molecule has 2 aliphatic rings. The van der Waals surface area contributed by atoms with Gasteiger partial charge in [0.15, 0.2) is 0 Å². The Morgan fingerprint density at radius 1 is 0.977 bits per heavy atom. The van der Waals surface area contributed by atoms with Crippen molar-refractivity contribution in [3.8, 4) is 0 Å². The number of sulfonamides is 1. The number of carbonyl (C=O) groups is 2. The van der Waals surface area contributed by atoms with Gasteiger partial charge in [-0.15, -0.1) is 0 Å². The van der Waals surface area contributed by atoms with Gasteiger partial charge in [0.2, 0.25) is 17.4 Å². The minimum absolute atomic E-state index is 0.00110. The minimum Gasteiger partial charge on any atom is -0.372 e. The monoisotopic (exact) mass is 631 g/mol. The van der Waals surface area contributed by atoms with E-state index in [9.17, 15) is 45.1 Å². The molecule has 1 fully saturated rings. The number of anilines is 1. The van der Waals surface area contributed by atoms with Crippen LogP contribution in [0.2, 0.25) is 0 Å². The maximum atomic E-state index is 14.2. The quantitative estimate of drug-likeness (QED) is 0.372. The molecule has 4 atom stereocenters. The third-order valence-electron chi connectivity index (χ3n) is 8.06. The predicted molar refractivity (Wildman–Crippen MR) is 148 cm³/mol. The van der Waals surface area contributed by atoms with E-state index in [4.69, 9.17) is 0 Å². The zero-order chi connectivity index (χ0) is 32.0. The van der Waals surface area contributed by atoms with E-state index in [-0.39, 0.29) is 60.3 Å². The summed E-state index contributed by atoms with van der Waals surface area (Å²) < 4.78 is 98.7. The summed E-state index contributed by atoms with van der Waals surface area (Å²) in [5.74, 6) is -5.24. The number of alkyl halides is 5. The maximum absolute atomic E-state index is 14.2. The van der Waals surface area contributed by atoms with Crippen molar-refractivity contribution in [2.45, 2.75) is 100 Å². The highest BCUT2D eigenvalue weighted by Gasteiger charge is 2.67. The number of nitrogens with zero attached hydrogens (tertiary/aromatic N) is 1. The first-order valence-electron chi connectivity index (χ1n) is 13.8. The summed E-state index contributed by atoms with van der Waals surface area (Å²) in [5, 5.41) is 16.0. The number of hydrogen-bond acceptors (Lipinski definition) is 5. The van der Waals surface area contributed by atoms with Crippen LogP contribution in [0.4, 0.5) is 27.6 Å². The molecule has 1 aliphatic carbocycles. The fourth-order valence-electron chi connectivity index (χ4n) is 5.89. The average molecular weight is 632 g/mol. The number of hydrogen-bond donors (Lipinski definition) is 3. The second-order valence-electron chi connectivity index (χ2n) is 11.4. The van der Waals surface area contributed by atoms with Gasteiger partial charge in [-0.1, -0.05) is 29.8 Å². The van der Waals surface area contributed by atoms with Gasteiger partial charge in [-0.3, -0.25) is 13.9 Å². The molecule has 8 nitrogen and oxygen atoms in total. The van der Waals surface area contributed by atoms with E-state index in [1.54, 1.807) is 19.1 Å². The molecule has 0 radical (unpaired) electrons. The Kier molecular flexibility index (Phi) is 8.87. The molecule has 0 bridgehead atoms. The van der Waals surface area contributed by atoms with Gasteiger partial charge in [-0.05, 0) is 68.4 Å². The molecule has 1 unspecified atom stereocenters. The average Bonchev–Trinajstić information content (AvgIpc) is 3.32. The lowest BCUT2D eigenvalue weighted by atomic mass is 9.84. The van der Waals surface area contributed by atoms with Crippen molar-refractivity contribution in [1.29, 1.82) is 0 Å². The molecule has 2 aromatic carbocycles. The lowest BCUT2D eigenvalue weighted by Gasteiger charge is -2.40. The van der Waals surface area contributed by atoms with Gasteiger partial charge < -0.3 is 15.7 Å². The molecule has 236 valence electrons. The van der Waals surface area contributed by atoms with Crippen LogP contribution < -0.4 is 14.9 Å². The number of carbonyl (C=O) groups excluding carboxylic acids is 2. The molecular weight excluding hydrogens is 597 g/mol. The number of fused-ring (bicyclic) bond motifs is 1. The summed E-state index contributed by atoms with van der Waals surface area (Å²) in [5.41, 5.74) is -4.91. The molecule has 43 heavy (non-hydrogen) atoms. The van der Waals surface area contributed by atoms with E-state index < -0.39 is 45.2 Å². The normalized spacial score (nSPS) is 22.4. The topological polar surface area (TPSA) is 116 Å². The SMILES string of the molecule is CC(=O)N[C@@H]1CC[C@@H](NC(=O)C[C@@H]2CCc3cc(C(O)(C(C)(F)F)C(F)(F)F)ccc3N2S(=O)(=O)c2ccc(C)cc2)C1. The second-order valence-corrected chi connectivity index (χ2v) is 13.2. The fraction of sp³-hybridized carbons (Fsp3) is 0.517. The molecule has 1 aliphatic heterocycles. The van der Waals surface area contributed by atoms with E-state index in [1.165, 1.54) is 19.1 Å². The van der Waals surface area contributed by atoms with Crippen LogP contribution in [0.1, 0.15) is 62.6 Å². The largest absolute Gasteiger partial charge is 0.427 e. The Labute approximate surface area is 246 Å². The Bertz CT molecular complexity index is 1460. The van der Waals surface area contributed by atoms with Crippen LogP contribution >= 0.6 is 0 Å². The number of aliphatic hydroxyl groups is 1. The molecular formula is C29H34F5N3O5S. The van der Waals surface area contributed by atoms with Crippen LogP contribution in [0, 0.1) is 6.92 Å². The van der Waals surface area contributed by atoms with Crippen molar-refractivity contribution in [3.05, 3.63) is 59.2 Å². The van der Waals surface area contributed by atoms with Crippen LogP contribution in [0.25, 0.3) is 0 Å². The molecule has 4 rings (SSSR count). The van der Waals surface area contributed by atoms with Crippen LogP contribution in [0.5, 0.6) is 0 Å². The van der Waals surface area contributed by atoms with Crippen LogP contribution in [-0.4, -0.2) is 55.6 Å². The number of aryl methyl sites for hydroxylation is 2. The first-order valence-corrected chi connectivity index (χ1v) is 15.3. The highest BCUT2D eigenvalue weighted by molar-refractivity contribution is 7.92. The van der Waals surface area contributed by atoms with E-state index >= 15 is 0 Å². The predicted octanol–water partition coefficient (Wildman–Crippen LogP) is 4.47. The first kappa shape index (κ1) is 32.6. The Hall–Kier alpha value is -3.26. The molecule has 2 aromatic rings. The van der Waals surface area contributed by atoms with Gasteiger partial charge in [-0.2, -0.15) is 13.2 Å². The summed E-state index contributed by atoms with van der Waals surface area (Å²) >= 11 is 0. The summed E-state index contributed by atoms with van der Waals surface area (Å²) in [4.78, 5) is 24.3. The number of benzene rings is 2. The van der Waals surface area contributed by atoms with Gasteiger partial charge >= 0.3 is 6.18 Å². The van der Waals surface area contributed by atoms with Crippen molar-refractivity contribution in [2.24, 2.45) is 0 Å². The van der Waals surface area contributed by atoms with E-state index in [0.29, 0.717) is 25.3 Å². The second kappa shape index (κ2) is 11.7. The van der Waals surface area contributed by atoms with E-state index in [2.05, 4.69) is 10.6 Å². The van der Waals surface area contributed by atoms with Crippen molar-refractivity contribution in [1.82, 2.24) is 10.6 Å². The van der Waals surface area contributed by atoms with Crippen LogP contribution in [0.3, 0.4) is 0 Å². The first-order chi connectivity index (χ1) is 19.8. The number of halogens is 5. The minimum atomic E-state index is -5.73. The smallest absolute Gasteiger partial charge is 0.372 e. The molecule has 14 heteroatoms. The highest BCUT2D eigenvalue weighted by atomic mass is 32.2. The van der Waals surface area contributed by atoms with Gasteiger partial charge in [0.05, 0.1) is 16.6 Å². The summed E-state index contributed by atoms with van der Waals surface area (Å²) in [7, 11) is -4.37. The molecule has 3 N–H and O–H groups in total.